The molecule has 1 aromatic rings. The van der Waals surface area contributed by atoms with Gasteiger partial charge in [0.2, 0.25) is 0 Å². The van der Waals surface area contributed by atoms with Crippen LogP contribution in [0.5, 0.6) is 0 Å². The molecule has 126 valence electrons. The number of hydrogen-bond acceptors (Lipinski definition) is 3. The predicted octanol–water partition coefficient (Wildman–Crippen LogP) is 3.49. The number of rotatable bonds is 2. The molecular formula is C16H19F2NO4. The molecule has 1 amide bonds. The van der Waals surface area contributed by atoms with Gasteiger partial charge in [-0.25, -0.2) is 18.4 Å². The first kappa shape index (κ1) is 17.2. The first-order valence-electron chi connectivity index (χ1n) is 7.28. The van der Waals surface area contributed by atoms with E-state index in [2.05, 4.69) is 0 Å². The number of halogens is 2. The molecule has 1 aliphatic heterocycles. The molecule has 1 N–H and O–H groups in total. The van der Waals surface area contributed by atoms with Gasteiger partial charge >= 0.3 is 12.1 Å². The molecule has 1 aromatic carbocycles. The van der Waals surface area contributed by atoms with E-state index in [-0.39, 0.29) is 12.0 Å². The van der Waals surface area contributed by atoms with Gasteiger partial charge in [0.1, 0.15) is 23.3 Å². The van der Waals surface area contributed by atoms with Crippen molar-refractivity contribution in [1.29, 1.82) is 0 Å². The Labute approximate surface area is 132 Å². The Bertz CT molecular complexity index is 607. The summed E-state index contributed by atoms with van der Waals surface area (Å²) in [6, 6.07) is 1.12. The normalized spacial score (nSPS) is 21.3. The van der Waals surface area contributed by atoms with Crippen LogP contribution in [0.15, 0.2) is 18.2 Å². The summed E-state index contributed by atoms with van der Waals surface area (Å²) >= 11 is 0. The number of nitrogens with zero attached hydrogens (tertiary/aromatic N) is 1. The number of carbonyl (C=O) groups excluding carboxylic acids is 1. The van der Waals surface area contributed by atoms with Crippen LogP contribution in [-0.2, 0) is 9.53 Å². The average Bonchev–Trinajstić information content (AvgIpc) is 2.80. The molecule has 1 aliphatic rings. The zero-order valence-electron chi connectivity index (χ0n) is 13.2. The van der Waals surface area contributed by atoms with Crippen LogP contribution in [0.3, 0.4) is 0 Å². The number of carbonyl (C=O) groups is 2. The van der Waals surface area contributed by atoms with Crippen molar-refractivity contribution in [3.63, 3.8) is 0 Å². The number of amides is 1. The molecule has 1 fully saturated rings. The molecule has 5 nitrogen and oxygen atoms in total. The van der Waals surface area contributed by atoms with Gasteiger partial charge in [-0.3, -0.25) is 4.90 Å². The zero-order valence-corrected chi connectivity index (χ0v) is 13.2. The van der Waals surface area contributed by atoms with Gasteiger partial charge < -0.3 is 9.84 Å². The summed E-state index contributed by atoms with van der Waals surface area (Å²) in [6.45, 7) is 4.98. The van der Waals surface area contributed by atoms with E-state index in [4.69, 9.17) is 4.74 Å². The summed E-state index contributed by atoms with van der Waals surface area (Å²) in [6.07, 6.45) is -0.326. The van der Waals surface area contributed by atoms with Crippen molar-refractivity contribution in [2.45, 2.75) is 51.3 Å². The fraction of sp³-hybridized carbons (Fsp3) is 0.500. The molecule has 1 heterocycles. The van der Waals surface area contributed by atoms with Gasteiger partial charge in [-0.05, 0) is 51.3 Å². The number of ether oxygens (including phenoxy) is 1. The maximum absolute atomic E-state index is 13.4. The van der Waals surface area contributed by atoms with E-state index >= 15 is 0 Å². The fourth-order valence-electron chi connectivity index (χ4n) is 2.72. The van der Waals surface area contributed by atoms with E-state index in [0.717, 1.165) is 23.1 Å². The van der Waals surface area contributed by atoms with Crippen molar-refractivity contribution >= 4 is 12.1 Å². The molecular weight excluding hydrogens is 308 g/mol. The first-order chi connectivity index (χ1) is 10.6. The molecule has 0 spiro atoms. The molecule has 0 bridgehead atoms. The van der Waals surface area contributed by atoms with E-state index in [9.17, 15) is 23.5 Å². The number of aliphatic carboxylic acids is 1. The number of carboxylic acid groups (broad SMARTS) is 1. The minimum atomic E-state index is -1.17. The molecule has 23 heavy (non-hydrogen) atoms. The number of hydrogen-bond donors (Lipinski definition) is 1. The molecule has 0 aliphatic carbocycles. The lowest BCUT2D eigenvalue weighted by molar-refractivity contribution is -0.142. The van der Waals surface area contributed by atoms with Crippen LogP contribution < -0.4 is 0 Å². The van der Waals surface area contributed by atoms with Gasteiger partial charge in [0.25, 0.3) is 0 Å². The van der Waals surface area contributed by atoms with E-state index < -0.39 is 41.4 Å². The highest BCUT2D eigenvalue weighted by Gasteiger charge is 2.43. The van der Waals surface area contributed by atoms with E-state index in [0.29, 0.717) is 6.42 Å². The third-order valence-corrected chi connectivity index (χ3v) is 3.54. The van der Waals surface area contributed by atoms with Crippen LogP contribution >= 0.6 is 0 Å². The van der Waals surface area contributed by atoms with Gasteiger partial charge in [0, 0.05) is 6.07 Å². The van der Waals surface area contributed by atoms with Crippen LogP contribution in [0.4, 0.5) is 13.6 Å². The summed E-state index contributed by atoms with van der Waals surface area (Å²) in [5.74, 6) is -2.72. The molecule has 0 radical (unpaired) electrons. The molecule has 0 aromatic heterocycles. The van der Waals surface area contributed by atoms with Gasteiger partial charge in [-0.1, -0.05) is 0 Å². The maximum atomic E-state index is 13.4. The Morgan fingerprint density at radius 1 is 1.17 bits per heavy atom. The molecule has 1 saturated heterocycles. The third-order valence-electron chi connectivity index (χ3n) is 3.54. The van der Waals surface area contributed by atoms with Crippen molar-refractivity contribution in [3.8, 4) is 0 Å². The van der Waals surface area contributed by atoms with Crippen LogP contribution in [-0.4, -0.2) is 33.7 Å². The van der Waals surface area contributed by atoms with Crippen molar-refractivity contribution < 1.29 is 28.2 Å². The van der Waals surface area contributed by atoms with Crippen molar-refractivity contribution in [1.82, 2.24) is 4.90 Å². The van der Waals surface area contributed by atoms with Crippen molar-refractivity contribution in [3.05, 3.63) is 35.4 Å². The Morgan fingerprint density at radius 3 is 2.22 bits per heavy atom. The summed E-state index contributed by atoms with van der Waals surface area (Å²) in [4.78, 5) is 24.8. The Hall–Kier alpha value is -2.18. The standard InChI is InChI=1S/C16H19F2NO4/c1-16(2,3)23-15(22)19-12(4-5-13(19)14(20)21)9-6-10(17)8-11(18)7-9/h6-8,12-13H,4-5H2,1-3H3,(H,20,21)/t12-,13+/m0/s1. The lowest BCUT2D eigenvalue weighted by Crippen LogP contribution is -2.44. The van der Waals surface area contributed by atoms with Gasteiger partial charge in [-0.2, -0.15) is 0 Å². The lowest BCUT2D eigenvalue weighted by Gasteiger charge is -2.31. The maximum Gasteiger partial charge on any atom is 0.411 e. The van der Waals surface area contributed by atoms with E-state index in [1.807, 2.05) is 0 Å². The quantitative estimate of drug-likeness (QED) is 0.903. The summed E-state index contributed by atoms with van der Waals surface area (Å²) in [5.41, 5.74) is -0.586. The molecule has 0 unspecified atom stereocenters. The minimum Gasteiger partial charge on any atom is -0.480 e. The monoisotopic (exact) mass is 327 g/mol. The number of benzene rings is 1. The van der Waals surface area contributed by atoms with E-state index in [1.54, 1.807) is 20.8 Å². The third kappa shape index (κ3) is 3.97. The smallest absolute Gasteiger partial charge is 0.411 e. The predicted molar refractivity (Wildman–Crippen MR) is 77.8 cm³/mol. The van der Waals surface area contributed by atoms with Crippen LogP contribution in [0.2, 0.25) is 0 Å². The number of likely N-dealkylation sites (tertiary alicyclic amines) is 1. The van der Waals surface area contributed by atoms with Crippen molar-refractivity contribution in [2.75, 3.05) is 0 Å². The highest BCUT2D eigenvalue weighted by atomic mass is 19.1. The summed E-state index contributed by atoms with van der Waals surface area (Å²) < 4.78 is 32.1. The Morgan fingerprint density at radius 2 is 1.74 bits per heavy atom. The molecule has 2 rings (SSSR count). The SMILES string of the molecule is CC(C)(C)OC(=O)N1[C@@H](C(=O)O)CC[C@H]1c1cc(F)cc(F)c1. The Balaban J connectivity index is 2.37. The lowest BCUT2D eigenvalue weighted by atomic mass is 10.0. The fourth-order valence-corrected chi connectivity index (χ4v) is 2.72. The highest BCUT2D eigenvalue weighted by Crippen LogP contribution is 2.38. The second-order valence-corrected chi connectivity index (χ2v) is 6.54. The molecule has 7 heteroatoms. The van der Waals surface area contributed by atoms with Crippen LogP contribution in [0.1, 0.15) is 45.2 Å². The Kier molecular flexibility index (Phi) is 4.58. The second-order valence-electron chi connectivity index (χ2n) is 6.54. The molecule has 2 atom stereocenters. The van der Waals surface area contributed by atoms with Crippen LogP contribution in [0, 0.1) is 11.6 Å². The van der Waals surface area contributed by atoms with Gasteiger partial charge in [0.15, 0.2) is 0 Å². The number of carboxylic acids is 1. The average molecular weight is 327 g/mol. The van der Waals surface area contributed by atoms with Crippen LogP contribution in [0.25, 0.3) is 0 Å². The summed E-state index contributed by atoms with van der Waals surface area (Å²) in [7, 11) is 0. The second kappa shape index (κ2) is 6.14. The highest BCUT2D eigenvalue weighted by molar-refractivity contribution is 5.81. The molecule has 0 saturated carbocycles. The van der Waals surface area contributed by atoms with E-state index in [1.165, 1.54) is 0 Å². The largest absolute Gasteiger partial charge is 0.480 e. The first-order valence-corrected chi connectivity index (χ1v) is 7.28. The topological polar surface area (TPSA) is 66.8 Å². The minimum absolute atomic E-state index is 0.192. The summed E-state index contributed by atoms with van der Waals surface area (Å²) in [5, 5.41) is 9.31. The van der Waals surface area contributed by atoms with Crippen molar-refractivity contribution in [2.24, 2.45) is 0 Å². The zero-order chi connectivity index (χ0) is 17.4. The van der Waals surface area contributed by atoms with Gasteiger partial charge in [0.05, 0.1) is 6.04 Å². The van der Waals surface area contributed by atoms with Gasteiger partial charge in [-0.15, -0.1) is 0 Å².